The summed E-state index contributed by atoms with van der Waals surface area (Å²) in [6, 6.07) is 0. The summed E-state index contributed by atoms with van der Waals surface area (Å²) in [7, 11) is 1.76. The number of ether oxygens (including phenoxy) is 2. The number of hydrogen-bond acceptors (Lipinski definition) is 3. The molecule has 3 heteroatoms. The van der Waals surface area contributed by atoms with Gasteiger partial charge in [0.1, 0.15) is 0 Å². The van der Waals surface area contributed by atoms with Crippen molar-refractivity contribution < 1.29 is 9.47 Å². The monoisotopic (exact) mass is 185 g/mol. The number of epoxide rings is 1. The molecule has 0 N–H and O–H groups in total. The summed E-state index contributed by atoms with van der Waals surface area (Å²) in [6.07, 6.45) is 2.27. The summed E-state index contributed by atoms with van der Waals surface area (Å²) in [5, 5.41) is 0. The predicted molar refractivity (Wildman–Crippen MR) is 50.8 cm³/mol. The third-order valence-electron chi connectivity index (χ3n) is 2.99. The third-order valence-corrected chi connectivity index (χ3v) is 2.99. The van der Waals surface area contributed by atoms with Gasteiger partial charge in [-0.3, -0.25) is 0 Å². The van der Waals surface area contributed by atoms with E-state index in [0.717, 1.165) is 32.0 Å². The fourth-order valence-corrected chi connectivity index (χ4v) is 2.26. The van der Waals surface area contributed by atoms with Gasteiger partial charge in [0.15, 0.2) is 0 Å². The van der Waals surface area contributed by atoms with Crippen LogP contribution in [0.2, 0.25) is 0 Å². The standard InChI is InChI=1S/C10H19NO2/c1-8-6-11(4-3-5-12-2)7-9-10(8)13-9/h8-10H,3-7H2,1-2H3/t8-,9+,10+/m0/s1. The topological polar surface area (TPSA) is 25.0 Å². The minimum atomic E-state index is 0.547. The van der Waals surface area contributed by atoms with E-state index >= 15 is 0 Å². The average Bonchev–Trinajstić information content (AvgIpc) is 2.84. The number of likely N-dealkylation sites (tertiary alicyclic amines) is 1. The molecule has 13 heavy (non-hydrogen) atoms. The Morgan fingerprint density at radius 1 is 1.46 bits per heavy atom. The molecule has 2 heterocycles. The molecule has 76 valence electrons. The van der Waals surface area contributed by atoms with Crippen LogP contribution >= 0.6 is 0 Å². The summed E-state index contributed by atoms with van der Waals surface area (Å²) in [4.78, 5) is 2.50. The van der Waals surface area contributed by atoms with E-state index in [2.05, 4.69) is 11.8 Å². The second kappa shape index (κ2) is 3.95. The minimum Gasteiger partial charge on any atom is -0.385 e. The number of nitrogens with zero attached hydrogens (tertiary/aromatic N) is 1. The van der Waals surface area contributed by atoms with E-state index < -0.39 is 0 Å². The maximum absolute atomic E-state index is 5.55. The summed E-state index contributed by atoms with van der Waals surface area (Å²) in [5.41, 5.74) is 0. The Morgan fingerprint density at radius 2 is 2.31 bits per heavy atom. The molecule has 0 aromatic heterocycles. The molecule has 3 nitrogen and oxygen atoms in total. The van der Waals surface area contributed by atoms with Crippen LogP contribution in [-0.2, 0) is 9.47 Å². The minimum absolute atomic E-state index is 0.547. The SMILES string of the molecule is COCCCN1C[C@H](C)[C@H]2O[C@@H]2C1. The molecular weight excluding hydrogens is 166 g/mol. The molecule has 0 saturated carbocycles. The molecule has 2 saturated heterocycles. The summed E-state index contributed by atoms with van der Waals surface area (Å²) >= 11 is 0. The molecule has 0 amide bonds. The van der Waals surface area contributed by atoms with Crippen molar-refractivity contribution in [1.82, 2.24) is 4.90 Å². The number of rotatable bonds is 4. The van der Waals surface area contributed by atoms with Crippen molar-refractivity contribution in [1.29, 1.82) is 0 Å². The quantitative estimate of drug-likeness (QED) is 0.477. The van der Waals surface area contributed by atoms with Gasteiger partial charge in [0, 0.05) is 33.4 Å². The zero-order valence-electron chi connectivity index (χ0n) is 8.53. The Bertz CT molecular complexity index is 174. The predicted octanol–water partition coefficient (Wildman–Crippen LogP) is 0.742. The lowest BCUT2D eigenvalue weighted by molar-refractivity contribution is 0.156. The van der Waals surface area contributed by atoms with Crippen LogP contribution < -0.4 is 0 Å². The smallest absolute Gasteiger partial charge is 0.0971 e. The second-order valence-electron chi connectivity index (χ2n) is 4.22. The zero-order valence-corrected chi connectivity index (χ0v) is 8.53. The van der Waals surface area contributed by atoms with Gasteiger partial charge in [0.05, 0.1) is 12.2 Å². The first-order valence-electron chi connectivity index (χ1n) is 5.18. The fourth-order valence-electron chi connectivity index (χ4n) is 2.26. The van der Waals surface area contributed by atoms with Gasteiger partial charge in [-0.15, -0.1) is 0 Å². The molecular formula is C10H19NO2. The highest BCUT2D eigenvalue weighted by Gasteiger charge is 2.47. The molecule has 0 bridgehead atoms. The second-order valence-corrected chi connectivity index (χ2v) is 4.22. The lowest BCUT2D eigenvalue weighted by Gasteiger charge is -2.27. The van der Waals surface area contributed by atoms with Crippen LogP contribution in [0, 0.1) is 5.92 Å². The summed E-state index contributed by atoms with van der Waals surface area (Å²) in [5.74, 6) is 0.723. The molecule has 0 unspecified atom stereocenters. The first kappa shape index (κ1) is 9.44. The first-order valence-corrected chi connectivity index (χ1v) is 5.18. The Labute approximate surface area is 80.0 Å². The van der Waals surface area contributed by atoms with Crippen LogP contribution in [0.4, 0.5) is 0 Å². The summed E-state index contributed by atoms with van der Waals surface area (Å²) in [6.45, 7) is 6.65. The van der Waals surface area contributed by atoms with Crippen LogP contribution in [0.15, 0.2) is 0 Å². The fraction of sp³-hybridized carbons (Fsp3) is 1.00. The van der Waals surface area contributed by atoms with Gasteiger partial charge in [-0.25, -0.2) is 0 Å². The van der Waals surface area contributed by atoms with Crippen LogP contribution in [0.5, 0.6) is 0 Å². The lowest BCUT2D eigenvalue weighted by Crippen LogP contribution is -2.40. The van der Waals surface area contributed by atoms with Crippen LogP contribution in [0.3, 0.4) is 0 Å². The van der Waals surface area contributed by atoms with Crippen molar-refractivity contribution in [3.05, 3.63) is 0 Å². The Morgan fingerprint density at radius 3 is 3.00 bits per heavy atom. The molecule has 3 atom stereocenters. The molecule has 2 aliphatic rings. The molecule has 0 radical (unpaired) electrons. The molecule has 2 aliphatic heterocycles. The van der Waals surface area contributed by atoms with Crippen molar-refractivity contribution in [2.24, 2.45) is 5.92 Å². The van der Waals surface area contributed by atoms with Gasteiger partial charge in [-0.2, -0.15) is 0 Å². The molecule has 0 aliphatic carbocycles. The Hall–Kier alpha value is -0.120. The Kier molecular flexibility index (Phi) is 2.86. The highest BCUT2D eigenvalue weighted by molar-refractivity contribution is 4.96. The number of piperidine rings is 1. The molecule has 0 aromatic rings. The van der Waals surface area contributed by atoms with Crippen molar-refractivity contribution in [3.63, 3.8) is 0 Å². The van der Waals surface area contributed by atoms with Gasteiger partial charge in [-0.05, 0) is 12.3 Å². The molecule has 2 rings (SSSR count). The molecule has 0 spiro atoms. The van der Waals surface area contributed by atoms with Crippen molar-refractivity contribution >= 4 is 0 Å². The van der Waals surface area contributed by atoms with Crippen molar-refractivity contribution in [2.75, 3.05) is 33.4 Å². The van der Waals surface area contributed by atoms with E-state index in [9.17, 15) is 0 Å². The van der Waals surface area contributed by atoms with Gasteiger partial charge in [-0.1, -0.05) is 6.92 Å². The zero-order chi connectivity index (χ0) is 9.26. The van der Waals surface area contributed by atoms with Crippen molar-refractivity contribution in [2.45, 2.75) is 25.6 Å². The third kappa shape index (κ3) is 2.22. The van der Waals surface area contributed by atoms with Gasteiger partial charge in [0.25, 0.3) is 0 Å². The largest absolute Gasteiger partial charge is 0.385 e. The van der Waals surface area contributed by atoms with Gasteiger partial charge < -0.3 is 14.4 Å². The Balaban J connectivity index is 1.68. The maximum Gasteiger partial charge on any atom is 0.0971 e. The number of hydrogen-bond donors (Lipinski definition) is 0. The van der Waals surface area contributed by atoms with E-state index in [-0.39, 0.29) is 0 Å². The van der Waals surface area contributed by atoms with Crippen LogP contribution in [-0.4, -0.2) is 50.5 Å². The highest BCUT2D eigenvalue weighted by atomic mass is 16.6. The first-order chi connectivity index (χ1) is 6.31. The van der Waals surface area contributed by atoms with E-state index in [0.29, 0.717) is 12.2 Å². The van der Waals surface area contributed by atoms with E-state index in [4.69, 9.17) is 9.47 Å². The highest BCUT2D eigenvalue weighted by Crippen LogP contribution is 2.34. The van der Waals surface area contributed by atoms with E-state index in [1.165, 1.54) is 6.54 Å². The maximum atomic E-state index is 5.55. The lowest BCUT2D eigenvalue weighted by atomic mass is 10.0. The van der Waals surface area contributed by atoms with Gasteiger partial charge >= 0.3 is 0 Å². The van der Waals surface area contributed by atoms with Gasteiger partial charge in [0.2, 0.25) is 0 Å². The molecule has 0 aromatic carbocycles. The van der Waals surface area contributed by atoms with E-state index in [1.807, 2.05) is 0 Å². The number of fused-ring (bicyclic) bond motifs is 1. The summed E-state index contributed by atoms with van der Waals surface area (Å²) < 4.78 is 10.6. The average molecular weight is 185 g/mol. The van der Waals surface area contributed by atoms with E-state index in [1.54, 1.807) is 7.11 Å². The normalized spacial score (nSPS) is 38.8. The van der Waals surface area contributed by atoms with Crippen LogP contribution in [0.25, 0.3) is 0 Å². The molecule has 2 fully saturated rings. The van der Waals surface area contributed by atoms with Crippen LogP contribution in [0.1, 0.15) is 13.3 Å². The number of methoxy groups -OCH3 is 1. The van der Waals surface area contributed by atoms with Crippen molar-refractivity contribution in [3.8, 4) is 0 Å².